The predicted octanol–water partition coefficient (Wildman–Crippen LogP) is 2.25. The highest BCUT2D eigenvalue weighted by atomic mass is 16.4. The highest BCUT2D eigenvalue weighted by molar-refractivity contribution is 5.98. The molecule has 0 fully saturated rings. The Kier molecular flexibility index (Phi) is 17.0. The number of carbonyl (C=O) groups excluding carboxylic acids is 7. The highest BCUT2D eigenvalue weighted by Gasteiger charge is 2.38. The lowest BCUT2D eigenvalue weighted by Gasteiger charge is -2.31. The Morgan fingerprint density at radius 2 is 1.31 bits per heavy atom. The molecule has 65 heavy (non-hydrogen) atoms. The molecule has 6 atom stereocenters. The minimum absolute atomic E-state index is 0.0313. The number of carboxylic acid groups (broad SMARTS) is 1. The van der Waals surface area contributed by atoms with E-state index in [2.05, 4.69) is 36.9 Å². The maximum absolute atomic E-state index is 14.4. The van der Waals surface area contributed by atoms with Crippen molar-refractivity contribution >= 4 is 58.2 Å². The Morgan fingerprint density at radius 3 is 1.89 bits per heavy atom. The van der Waals surface area contributed by atoms with Gasteiger partial charge in [-0.15, -0.1) is 0 Å². The van der Waals surface area contributed by atoms with E-state index in [4.69, 9.17) is 5.73 Å². The van der Waals surface area contributed by atoms with E-state index in [-0.39, 0.29) is 18.8 Å². The second-order valence-electron chi connectivity index (χ2n) is 17.1. The zero-order valence-corrected chi connectivity index (χ0v) is 37.4. The van der Waals surface area contributed by atoms with Gasteiger partial charge < -0.3 is 47.7 Å². The van der Waals surface area contributed by atoms with E-state index in [1.165, 1.54) is 6.92 Å². The lowest BCUT2D eigenvalue weighted by molar-refractivity contribution is -0.142. The molecule has 7 amide bonds. The Morgan fingerprint density at radius 1 is 0.723 bits per heavy atom. The van der Waals surface area contributed by atoms with Crippen LogP contribution in [0, 0.1) is 11.8 Å². The average Bonchev–Trinajstić information content (AvgIpc) is 3.59. The van der Waals surface area contributed by atoms with Crippen LogP contribution in [0.5, 0.6) is 0 Å². The van der Waals surface area contributed by atoms with E-state index < -0.39 is 102 Å². The van der Waals surface area contributed by atoms with E-state index in [1.54, 1.807) is 20.0 Å². The Labute approximate surface area is 377 Å². The number of hydrogen-bond acceptors (Lipinski definition) is 8. The van der Waals surface area contributed by atoms with E-state index >= 15 is 0 Å². The standard InChI is InChI=1S/C48H60N8O9/c1-6-27(4)42(46(62)55-38(48(64)65)22-31-24-50-35-18-12-11-15-32(31)35)56-40(59)25-51-44(60)37(23-39(49)58)53-45(61)36(21-26(2)3)54-47(63)43(52-28(5)57)41-33-16-9-7-13-29(33)19-20-30-14-8-10-17-34(30)41/h7-18,24,26-27,36-38,41-43,50H,6,19-23,25H2,1-5H3,(H2,49,58)(H,51,60)(H,52,57)(H,53,61)(H,54,63)(H,55,62)(H,56,59)(H,64,65)/t27-,36-,37-,38-,42-,43+/m0/s1. The highest BCUT2D eigenvalue weighted by Crippen LogP contribution is 2.37. The van der Waals surface area contributed by atoms with E-state index in [0.717, 1.165) is 46.0 Å². The summed E-state index contributed by atoms with van der Waals surface area (Å²) in [6, 6.07) is 16.3. The number of aliphatic carboxylic acids is 1. The van der Waals surface area contributed by atoms with Gasteiger partial charge in [0.15, 0.2) is 0 Å². The fourth-order valence-electron chi connectivity index (χ4n) is 8.29. The minimum Gasteiger partial charge on any atom is -0.480 e. The van der Waals surface area contributed by atoms with Crippen molar-refractivity contribution in [1.82, 2.24) is 36.9 Å². The average molecular weight is 893 g/mol. The fourth-order valence-corrected chi connectivity index (χ4v) is 8.29. The second kappa shape index (κ2) is 22.5. The number of nitrogens with one attached hydrogen (secondary N) is 7. The van der Waals surface area contributed by atoms with Gasteiger partial charge in [0.25, 0.3) is 0 Å². The molecule has 0 saturated carbocycles. The SMILES string of the molecule is CC[C@H](C)[C@H](NC(=O)CNC(=O)[C@H](CC(N)=O)NC(=O)[C@H](CC(C)C)NC(=O)[C@H](NC(C)=O)C1c2ccccc2CCc2ccccc21)C(=O)N[C@@H](Cc1c[nH]c2ccccc12)C(=O)O. The Bertz CT molecular complexity index is 2350. The summed E-state index contributed by atoms with van der Waals surface area (Å²) >= 11 is 0. The molecule has 17 nitrogen and oxygen atoms in total. The van der Waals surface area contributed by atoms with Gasteiger partial charge in [0.1, 0.15) is 30.2 Å². The van der Waals surface area contributed by atoms with Gasteiger partial charge in [0, 0.05) is 36.4 Å². The Hall–Kier alpha value is -7.04. The molecule has 0 spiro atoms. The molecule has 0 bridgehead atoms. The lowest BCUT2D eigenvalue weighted by Crippen LogP contribution is -2.59. The predicted molar refractivity (Wildman–Crippen MR) is 243 cm³/mol. The second-order valence-corrected chi connectivity index (χ2v) is 17.1. The molecule has 5 rings (SSSR count). The molecule has 1 aromatic heterocycles. The molecule has 346 valence electrons. The van der Waals surface area contributed by atoms with Gasteiger partial charge in [0.05, 0.1) is 13.0 Å². The van der Waals surface area contributed by atoms with Crippen LogP contribution in [0.1, 0.15) is 87.6 Å². The molecule has 1 heterocycles. The third-order valence-corrected chi connectivity index (χ3v) is 11.7. The number of primary amides is 1. The molecule has 1 aliphatic rings. The number of fused-ring (bicyclic) bond motifs is 3. The summed E-state index contributed by atoms with van der Waals surface area (Å²) in [6.07, 6.45) is 2.97. The van der Waals surface area contributed by atoms with Crippen LogP contribution < -0.4 is 37.6 Å². The number of H-pyrrole nitrogens is 1. The quantitative estimate of drug-likeness (QED) is 0.0593. The van der Waals surface area contributed by atoms with Crippen molar-refractivity contribution < 1.29 is 43.5 Å². The van der Waals surface area contributed by atoms with Gasteiger partial charge >= 0.3 is 5.97 Å². The summed E-state index contributed by atoms with van der Waals surface area (Å²) in [5.74, 6) is -7.82. The van der Waals surface area contributed by atoms with Crippen molar-refractivity contribution in [2.75, 3.05) is 6.54 Å². The van der Waals surface area contributed by atoms with Gasteiger partial charge in [-0.1, -0.05) is 101 Å². The number of nitrogens with two attached hydrogens (primary N) is 1. The fraction of sp³-hybridized carbons (Fsp3) is 0.417. The molecule has 0 aliphatic heterocycles. The number of benzene rings is 3. The summed E-state index contributed by atoms with van der Waals surface area (Å²) in [7, 11) is 0. The Balaban J connectivity index is 1.27. The molecule has 10 N–H and O–H groups in total. The van der Waals surface area contributed by atoms with Gasteiger partial charge in [-0.25, -0.2) is 4.79 Å². The van der Waals surface area contributed by atoms with Crippen molar-refractivity contribution in [2.45, 2.75) is 109 Å². The van der Waals surface area contributed by atoms with Crippen LogP contribution in [0.15, 0.2) is 79.0 Å². The zero-order valence-electron chi connectivity index (χ0n) is 37.4. The van der Waals surface area contributed by atoms with Crippen molar-refractivity contribution in [3.63, 3.8) is 0 Å². The van der Waals surface area contributed by atoms with E-state index in [9.17, 15) is 43.5 Å². The van der Waals surface area contributed by atoms with Crippen molar-refractivity contribution in [3.05, 3.63) is 107 Å². The third-order valence-electron chi connectivity index (χ3n) is 11.7. The number of carboxylic acids is 1. The van der Waals surface area contributed by atoms with E-state index in [1.807, 2.05) is 86.6 Å². The van der Waals surface area contributed by atoms with Gasteiger partial charge in [-0.2, -0.15) is 0 Å². The van der Waals surface area contributed by atoms with Crippen LogP contribution in [-0.4, -0.2) is 94.2 Å². The summed E-state index contributed by atoms with van der Waals surface area (Å²) in [6.45, 7) is 7.79. The molecule has 17 heteroatoms. The molecule has 0 unspecified atom stereocenters. The van der Waals surface area contributed by atoms with Crippen molar-refractivity contribution in [3.8, 4) is 0 Å². The van der Waals surface area contributed by atoms with Crippen molar-refractivity contribution in [2.24, 2.45) is 17.6 Å². The van der Waals surface area contributed by atoms with Gasteiger partial charge in [-0.05, 0) is 65.0 Å². The smallest absolute Gasteiger partial charge is 0.326 e. The van der Waals surface area contributed by atoms with Crippen LogP contribution in [0.3, 0.4) is 0 Å². The number of hydrogen-bond donors (Lipinski definition) is 9. The first-order valence-corrected chi connectivity index (χ1v) is 21.9. The molecular formula is C48H60N8O9. The maximum Gasteiger partial charge on any atom is 0.326 e. The number of rotatable bonds is 21. The molecule has 4 aromatic rings. The number of para-hydroxylation sites is 1. The zero-order chi connectivity index (χ0) is 47.4. The number of amides is 7. The first-order chi connectivity index (χ1) is 31.0. The van der Waals surface area contributed by atoms with Crippen LogP contribution >= 0.6 is 0 Å². The first kappa shape index (κ1) is 49.0. The summed E-state index contributed by atoms with van der Waals surface area (Å²) in [5, 5.41) is 26.5. The van der Waals surface area contributed by atoms with Gasteiger partial charge in [-0.3, -0.25) is 33.6 Å². The van der Waals surface area contributed by atoms with Crippen LogP contribution in [-0.2, 0) is 57.6 Å². The summed E-state index contributed by atoms with van der Waals surface area (Å²) in [4.78, 5) is 109. The van der Waals surface area contributed by atoms with Crippen LogP contribution in [0.4, 0.5) is 0 Å². The number of carbonyl (C=O) groups is 8. The van der Waals surface area contributed by atoms with Crippen molar-refractivity contribution in [1.29, 1.82) is 0 Å². The molecular weight excluding hydrogens is 833 g/mol. The van der Waals surface area contributed by atoms with Crippen LogP contribution in [0.25, 0.3) is 10.9 Å². The lowest BCUT2D eigenvalue weighted by atomic mass is 9.82. The van der Waals surface area contributed by atoms with Crippen LogP contribution in [0.2, 0.25) is 0 Å². The molecule has 0 saturated heterocycles. The molecule has 0 radical (unpaired) electrons. The normalized spacial score (nSPS) is 15.0. The van der Waals surface area contributed by atoms with E-state index in [0.29, 0.717) is 12.0 Å². The molecule has 1 aliphatic carbocycles. The largest absolute Gasteiger partial charge is 0.480 e. The first-order valence-electron chi connectivity index (χ1n) is 21.9. The number of aryl methyl sites for hydroxylation is 2. The number of aromatic nitrogens is 1. The molecule has 3 aromatic carbocycles. The minimum atomic E-state index is -1.57. The summed E-state index contributed by atoms with van der Waals surface area (Å²) < 4.78 is 0. The topological polar surface area (TPSA) is 271 Å². The number of aromatic amines is 1. The van der Waals surface area contributed by atoms with Gasteiger partial charge in [0.2, 0.25) is 41.4 Å². The maximum atomic E-state index is 14.4. The monoisotopic (exact) mass is 892 g/mol. The summed E-state index contributed by atoms with van der Waals surface area (Å²) in [5.41, 5.74) is 10.7. The third kappa shape index (κ3) is 13.0.